The molecule has 0 unspecified atom stereocenters. The molecule has 0 spiro atoms. The van der Waals surface area contributed by atoms with Crippen LogP contribution >= 0.6 is 0 Å². The van der Waals surface area contributed by atoms with Gasteiger partial charge in [-0.2, -0.15) is 0 Å². The van der Waals surface area contributed by atoms with Gasteiger partial charge in [0.15, 0.2) is 12.3 Å². The van der Waals surface area contributed by atoms with E-state index in [1.807, 2.05) is 100 Å². The summed E-state index contributed by atoms with van der Waals surface area (Å²) >= 11 is 0. The standard InChI is InChI=1S/C68H95N11O13/c1-44(2)38-53(61(84)68(7)43-92-68)74-65(88)55(40-48-20-13-9-14-21-48)76-64(87)54(39-45(3)4)75-63(86)52(29-26-47-18-11-8-12-19-47)72-57(81)42-79(34-36-91-37-35-79)41-49-24-27-50(28-25-49)71-62(85)51(22-17-32-70-67(69)90)73-66(89)60(46(5)6)77-56(80)23-15-10-16-33-78-58(82)30-31-59(78)83/h8-9,11-14,18-21,24-25,27-28,30-31,44-46,51-55,60H,10,15-17,22-23,26,29,32-43H2,1-7H3,(H9-,69,70,71,72,73,74,75,76,77,80,81,85,86,87,88,89,90)/p+1/t51-,52-,53-,54-,55-,60-,68+/m0/s1. The van der Waals surface area contributed by atoms with E-state index in [2.05, 4.69) is 42.5 Å². The maximum Gasteiger partial charge on any atom is 0.312 e. The van der Waals surface area contributed by atoms with Crippen LogP contribution in [0.15, 0.2) is 97.1 Å². The second-order valence-electron chi connectivity index (χ2n) is 25.8. The van der Waals surface area contributed by atoms with Crippen molar-refractivity contribution in [3.8, 4) is 0 Å². The summed E-state index contributed by atoms with van der Waals surface area (Å²) in [6.45, 7) is 15.6. The van der Waals surface area contributed by atoms with Crippen LogP contribution in [0.4, 0.5) is 10.5 Å². The number of benzene rings is 3. The molecule has 0 radical (unpaired) electrons. The van der Waals surface area contributed by atoms with E-state index in [1.165, 1.54) is 12.2 Å². The first-order valence-electron chi connectivity index (χ1n) is 32.3. The van der Waals surface area contributed by atoms with Crippen LogP contribution in [0.2, 0.25) is 0 Å². The summed E-state index contributed by atoms with van der Waals surface area (Å²) in [7, 11) is 0. The Balaban J connectivity index is 1.12. The summed E-state index contributed by atoms with van der Waals surface area (Å²) in [6.07, 6.45) is 5.73. The van der Waals surface area contributed by atoms with E-state index in [1.54, 1.807) is 32.9 Å². The molecule has 500 valence electrons. The molecule has 24 heteroatoms. The van der Waals surface area contributed by atoms with Gasteiger partial charge in [0, 0.05) is 49.3 Å². The Hall–Kier alpha value is -8.35. The zero-order chi connectivity index (χ0) is 67.0. The molecule has 0 aliphatic carbocycles. The Morgan fingerprint density at radius 2 is 1.14 bits per heavy atom. The zero-order valence-electron chi connectivity index (χ0n) is 54.4. The largest absolute Gasteiger partial charge is 0.370 e. The van der Waals surface area contributed by atoms with Gasteiger partial charge in [0.05, 0.1) is 25.9 Å². The number of aryl methyl sites for hydroxylation is 1. The number of nitrogens with zero attached hydrogens (tertiary/aromatic N) is 2. The Bertz CT molecular complexity index is 3020. The number of ketones is 1. The fourth-order valence-electron chi connectivity index (χ4n) is 11.3. The number of nitrogens with one attached hydrogen (secondary N) is 8. The van der Waals surface area contributed by atoms with Crippen molar-refractivity contribution in [2.45, 2.75) is 167 Å². The molecule has 0 aromatic heterocycles. The molecule has 3 aliphatic heterocycles. The van der Waals surface area contributed by atoms with Gasteiger partial charge in [0.2, 0.25) is 35.4 Å². The van der Waals surface area contributed by atoms with E-state index < -0.39 is 83.3 Å². The lowest BCUT2D eigenvalue weighted by atomic mass is 9.93. The molecule has 3 aromatic carbocycles. The van der Waals surface area contributed by atoms with Gasteiger partial charge in [-0.05, 0) is 99.3 Å². The molecular formula is C68H96N11O13+. The van der Waals surface area contributed by atoms with Crippen molar-refractivity contribution < 1.29 is 66.7 Å². The predicted molar refractivity (Wildman–Crippen MR) is 345 cm³/mol. The Kier molecular flexibility index (Phi) is 28.0. The van der Waals surface area contributed by atoms with Crippen molar-refractivity contribution in [2.24, 2.45) is 23.5 Å². The molecule has 2 saturated heterocycles. The van der Waals surface area contributed by atoms with Crippen molar-refractivity contribution in [3.05, 3.63) is 114 Å². The van der Waals surface area contributed by atoms with Crippen LogP contribution in [0.1, 0.15) is 123 Å². The van der Waals surface area contributed by atoms with Crippen LogP contribution in [-0.2, 0) is 76.8 Å². The number of carbonyl (C=O) groups is 11. The SMILES string of the molecule is CC(C)C[C@H](NC(=O)[C@H](CCc1ccccc1)NC(=O)C[N+]1(Cc2ccc(NC(=O)[C@H](CCCNC(N)=O)NC(=O)[C@@H](NC(=O)CCCCCN3C(=O)C=CC3=O)C(C)C)cc2)CCOCC1)C(=O)N[C@@H](Cc1ccccc1)C(=O)N[C@@H](CC(C)C)C(=O)[C@@]1(C)CO1. The minimum Gasteiger partial charge on any atom is -0.370 e. The number of hydrogen-bond acceptors (Lipinski definition) is 13. The number of quaternary nitrogens is 1. The van der Waals surface area contributed by atoms with Crippen LogP contribution in [0.3, 0.4) is 0 Å². The molecule has 6 rings (SSSR count). The molecule has 3 heterocycles. The van der Waals surface area contributed by atoms with E-state index in [-0.39, 0.29) is 111 Å². The molecule has 92 heavy (non-hydrogen) atoms. The fourth-order valence-corrected chi connectivity index (χ4v) is 11.3. The van der Waals surface area contributed by atoms with E-state index in [9.17, 15) is 52.7 Å². The molecule has 0 saturated carbocycles. The monoisotopic (exact) mass is 1270 g/mol. The fraction of sp³-hybridized carbons (Fsp3) is 0.544. The third kappa shape index (κ3) is 23.7. The maximum absolute atomic E-state index is 14.7. The number of epoxide rings is 1. The summed E-state index contributed by atoms with van der Waals surface area (Å²) in [5, 5.41) is 22.8. The molecule has 24 nitrogen and oxygen atoms in total. The highest BCUT2D eigenvalue weighted by atomic mass is 16.6. The predicted octanol–water partition coefficient (Wildman–Crippen LogP) is 3.80. The number of ether oxygens (including phenoxy) is 2. The number of hydrogen-bond donors (Lipinski definition) is 9. The number of carbonyl (C=O) groups excluding carboxylic acids is 11. The number of anilines is 1. The molecule has 0 bridgehead atoms. The number of nitrogens with two attached hydrogens (primary N) is 1. The third-order valence-corrected chi connectivity index (χ3v) is 16.6. The summed E-state index contributed by atoms with van der Waals surface area (Å²) in [6, 6.07) is 18.8. The van der Waals surface area contributed by atoms with Gasteiger partial charge in [-0.15, -0.1) is 0 Å². The maximum atomic E-state index is 14.7. The number of rotatable bonds is 38. The van der Waals surface area contributed by atoms with Crippen LogP contribution in [0.5, 0.6) is 0 Å². The van der Waals surface area contributed by atoms with E-state index >= 15 is 0 Å². The minimum absolute atomic E-state index is 0.0259. The van der Waals surface area contributed by atoms with Crippen LogP contribution in [0, 0.1) is 17.8 Å². The lowest BCUT2D eigenvalue weighted by molar-refractivity contribution is -0.940. The number of imide groups is 1. The first-order valence-corrected chi connectivity index (χ1v) is 32.3. The van der Waals surface area contributed by atoms with Crippen molar-refractivity contribution in [2.75, 3.05) is 57.9 Å². The van der Waals surface area contributed by atoms with Gasteiger partial charge in [-0.3, -0.25) is 52.8 Å². The number of Topliss-reactive ketones (excluding diaryl/α,β-unsaturated/α-hetero) is 1. The summed E-state index contributed by atoms with van der Waals surface area (Å²) < 4.78 is 11.5. The number of unbranched alkanes of at least 4 members (excludes halogenated alkanes) is 2. The lowest BCUT2D eigenvalue weighted by Crippen LogP contribution is -2.61. The van der Waals surface area contributed by atoms with Crippen LogP contribution in [0.25, 0.3) is 0 Å². The van der Waals surface area contributed by atoms with Crippen LogP contribution in [-0.4, -0.2) is 169 Å². The number of urea groups is 1. The lowest BCUT2D eigenvalue weighted by Gasteiger charge is -2.41. The number of morpholine rings is 1. The molecule has 11 amide bonds. The first kappa shape index (κ1) is 72.7. The van der Waals surface area contributed by atoms with Gasteiger partial charge in [-0.25, -0.2) is 4.79 Å². The smallest absolute Gasteiger partial charge is 0.312 e. The van der Waals surface area contributed by atoms with Gasteiger partial charge >= 0.3 is 6.03 Å². The molecule has 7 atom stereocenters. The van der Waals surface area contributed by atoms with Crippen molar-refractivity contribution >= 4 is 70.7 Å². The number of primary amides is 1. The Morgan fingerprint density at radius 3 is 1.74 bits per heavy atom. The summed E-state index contributed by atoms with van der Waals surface area (Å²) in [4.78, 5) is 149. The second-order valence-corrected chi connectivity index (χ2v) is 25.8. The van der Waals surface area contributed by atoms with Crippen LogP contribution < -0.4 is 48.3 Å². The minimum atomic E-state index is -1.12. The van der Waals surface area contributed by atoms with Gasteiger partial charge in [0.1, 0.15) is 55.4 Å². The highest BCUT2D eigenvalue weighted by Crippen LogP contribution is 2.30. The molecular weight excluding hydrogens is 1180 g/mol. The van der Waals surface area contributed by atoms with E-state index in [4.69, 9.17) is 15.2 Å². The molecule has 3 aliphatic rings. The Labute approximate surface area is 540 Å². The normalized spacial score (nSPS) is 17.8. The van der Waals surface area contributed by atoms with Crippen molar-refractivity contribution in [1.29, 1.82) is 0 Å². The molecule has 3 aromatic rings. The zero-order valence-corrected chi connectivity index (χ0v) is 54.4. The Morgan fingerprint density at radius 1 is 0.587 bits per heavy atom. The highest BCUT2D eigenvalue weighted by Gasteiger charge is 2.50. The van der Waals surface area contributed by atoms with E-state index in [0.717, 1.165) is 21.6 Å². The van der Waals surface area contributed by atoms with Crippen molar-refractivity contribution in [1.82, 2.24) is 42.1 Å². The van der Waals surface area contributed by atoms with E-state index in [0.29, 0.717) is 70.6 Å². The second kappa shape index (κ2) is 35.5. The van der Waals surface area contributed by atoms with Gasteiger partial charge in [-0.1, -0.05) is 121 Å². The summed E-state index contributed by atoms with van der Waals surface area (Å²) in [5.41, 5.74) is 7.23. The van der Waals surface area contributed by atoms with Gasteiger partial charge in [0.25, 0.3) is 17.7 Å². The van der Waals surface area contributed by atoms with Gasteiger partial charge < -0.3 is 62.2 Å². The quantitative estimate of drug-likeness (QED) is 0.0171. The molecule has 10 N–H and O–H groups in total. The first-order chi connectivity index (χ1) is 43.8. The average Bonchev–Trinajstić information content (AvgIpc) is 1.61. The summed E-state index contributed by atoms with van der Waals surface area (Å²) in [5.74, 6) is -5.01. The average molecular weight is 1280 g/mol. The third-order valence-electron chi connectivity index (χ3n) is 16.6. The highest BCUT2D eigenvalue weighted by molar-refractivity contribution is 6.12. The topological polar surface area (TPSA) is 335 Å². The van der Waals surface area contributed by atoms with Crippen molar-refractivity contribution in [3.63, 3.8) is 0 Å². The molecule has 2 fully saturated rings. The number of amides is 11.